The molecule has 21 heavy (non-hydrogen) atoms. The quantitative estimate of drug-likeness (QED) is 0.484. The first kappa shape index (κ1) is 15.2. The first-order valence-electron chi connectivity index (χ1n) is 6.39. The summed E-state index contributed by atoms with van der Waals surface area (Å²) >= 11 is 1.63. The summed E-state index contributed by atoms with van der Waals surface area (Å²) in [6.45, 7) is 0.559. The highest BCUT2D eigenvalue weighted by molar-refractivity contribution is 7.99. The highest BCUT2D eigenvalue weighted by Gasteiger charge is 2.00. The zero-order valence-electron chi connectivity index (χ0n) is 11.6. The largest absolute Gasteiger partial charge is 0.493 e. The van der Waals surface area contributed by atoms with Crippen LogP contribution in [-0.2, 0) is 11.8 Å². The highest BCUT2D eigenvalue weighted by Crippen LogP contribution is 2.17. The minimum atomic E-state index is -0.965. The molecule has 5 nitrogen and oxygen atoms in total. The van der Waals surface area contributed by atoms with Crippen molar-refractivity contribution in [2.75, 3.05) is 12.4 Å². The van der Waals surface area contributed by atoms with Gasteiger partial charge in [-0.2, -0.15) is 0 Å². The van der Waals surface area contributed by atoms with E-state index in [0.717, 1.165) is 28.3 Å². The van der Waals surface area contributed by atoms with E-state index in [9.17, 15) is 4.79 Å². The molecule has 0 radical (unpaired) electrons. The molecular weight excluding hydrogens is 288 g/mol. The Morgan fingerprint density at radius 1 is 1.52 bits per heavy atom. The molecule has 0 atom stereocenters. The predicted octanol–water partition coefficient (Wildman–Crippen LogP) is 2.69. The van der Waals surface area contributed by atoms with E-state index in [1.165, 1.54) is 6.08 Å². The van der Waals surface area contributed by atoms with Crippen molar-refractivity contribution in [2.24, 2.45) is 7.05 Å². The zero-order valence-corrected chi connectivity index (χ0v) is 12.4. The lowest BCUT2D eigenvalue weighted by Gasteiger charge is -2.06. The van der Waals surface area contributed by atoms with Crippen molar-refractivity contribution in [2.45, 2.75) is 5.16 Å². The molecular formula is C15H16N2O3S. The fraction of sp³-hybridized carbons (Fsp3) is 0.200. The maximum atomic E-state index is 10.5. The lowest BCUT2D eigenvalue weighted by Crippen LogP contribution is -2.01. The number of imidazole rings is 1. The molecule has 0 bridgehead atoms. The van der Waals surface area contributed by atoms with Crippen molar-refractivity contribution in [1.82, 2.24) is 9.55 Å². The van der Waals surface area contributed by atoms with E-state index in [2.05, 4.69) is 4.98 Å². The Balaban J connectivity index is 1.82. The standard InChI is InChI=1S/C15H16N2O3S/c1-17-8-7-16-15(17)21-10-9-20-13-4-2-3-12(11-13)5-6-14(18)19/h2-8,11H,9-10H2,1H3,(H,18,19). The SMILES string of the molecule is Cn1ccnc1SCCOc1cccc(C=CC(=O)O)c1. The van der Waals surface area contributed by atoms with E-state index in [4.69, 9.17) is 9.84 Å². The number of aromatic nitrogens is 2. The third-order valence-corrected chi connectivity index (χ3v) is 3.66. The van der Waals surface area contributed by atoms with Gasteiger partial charge in [0.1, 0.15) is 5.75 Å². The molecule has 0 aliphatic carbocycles. The second-order valence-corrected chi connectivity index (χ2v) is 5.32. The molecule has 1 heterocycles. The average Bonchev–Trinajstić information content (AvgIpc) is 2.87. The average molecular weight is 304 g/mol. The smallest absolute Gasteiger partial charge is 0.328 e. The lowest BCUT2D eigenvalue weighted by atomic mass is 10.2. The Kier molecular flexibility index (Phi) is 5.45. The van der Waals surface area contributed by atoms with Gasteiger partial charge in [-0.05, 0) is 23.8 Å². The number of thioether (sulfide) groups is 1. The second kappa shape index (κ2) is 7.54. The number of hydrogen-bond acceptors (Lipinski definition) is 4. The molecule has 0 unspecified atom stereocenters. The number of benzene rings is 1. The Hall–Kier alpha value is -2.21. The van der Waals surface area contributed by atoms with Crippen LogP contribution in [0.15, 0.2) is 47.9 Å². The molecule has 0 fully saturated rings. The van der Waals surface area contributed by atoms with Crippen LogP contribution < -0.4 is 4.74 Å². The number of carboxylic acid groups (broad SMARTS) is 1. The van der Waals surface area contributed by atoms with Crippen molar-refractivity contribution in [1.29, 1.82) is 0 Å². The van der Waals surface area contributed by atoms with Crippen LogP contribution in [0.4, 0.5) is 0 Å². The van der Waals surface area contributed by atoms with E-state index < -0.39 is 5.97 Å². The van der Waals surface area contributed by atoms with E-state index >= 15 is 0 Å². The van der Waals surface area contributed by atoms with Gasteiger partial charge in [0.15, 0.2) is 5.16 Å². The minimum absolute atomic E-state index is 0.559. The Bertz CT molecular complexity index is 637. The van der Waals surface area contributed by atoms with Crippen molar-refractivity contribution in [3.63, 3.8) is 0 Å². The van der Waals surface area contributed by atoms with E-state index in [1.54, 1.807) is 18.0 Å². The van der Waals surface area contributed by atoms with Gasteiger partial charge in [0.25, 0.3) is 0 Å². The van der Waals surface area contributed by atoms with Crippen LogP contribution in [0, 0.1) is 0 Å². The molecule has 0 saturated heterocycles. The summed E-state index contributed by atoms with van der Waals surface area (Å²) in [7, 11) is 1.95. The maximum absolute atomic E-state index is 10.5. The third kappa shape index (κ3) is 5.00. The first-order valence-corrected chi connectivity index (χ1v) is 7.38. The van der Waals surface area contributed by atoms with Gasteiger partial charge in [-0.15, -0.1) is 0 Å². The number of carbonyl (C=O) groups is 1. The van der Waals surface area contributed by atoms with Crippen LogP contribution in [0.5, 0.6) is 5.75 Å². The first-order chi connectivity index (χ1) is 10.1. The predicted molar refractivity (Wildman–Crippen MR) is 82.5 cm³/mol. The Morgan fingerprint density at radius 3 is 3.10 bits per heavy atom. The number of aliphatic carboxylic acids is 1. The number of nitrogens with zero attached hydrogens (tertiary/aromatic N) is 2. The van der Waals surface area contributed by atoms with Crippen molar-refractivity contribution in [3.8, 4) is 5.75 Å². The lowest BCUT2D eigenvalue weighted by molar-refractivity contribution is -0.131. The molecule has 110 valence electrons. The summed E-state index contributed by atoms with van der Waals surface area (Å²) in [6.07, 6.45) is 6.32. The molecule has 1 N–H and O–H groups in total. The van der Waals surface area contributed by atoms with Gasteiger partial charge in [0, 0.05) is 31.3 Å². The molecule has 1 aromatic heterocycles. The number of aryl methyl sites for hydroxylation is 1. The minimum Gasteiger partial charge on any atom is -0.493 e. The summed E-state index contributed by atoms with van der Waals surface area (Å²) in [4.78, 5) is 14.7. The monoisotopic (exact) mass is 304 g/mol. The summed E-state index contributed by atoms with van der Waals surface area (Å²) in [6, 6.07) is 7.33. The summed E-state index contributed by atoms with van der Waals surface area (Å²) < 4.78 is 7.61. The van der Waals surface area contributed by atoms with Crippen LogP contribution in [0.25, 0.3) is 6.08 Å². The van der Waals surface area contributed by atoms with Crippen LogP contribution >= 0.6 is 11.8 Å². The molecule has 0 amide bonds. The van der Waals surface area contributed by atoms with Gasteiger partial charge >= 0.3 is 5.97 Å². The molecule has 6 heteroatoms. The summed E-state index contributed by atoms with van der Waals surface area (Å²) in [5.74, 6) is 0.552. The maximum Gasteiger partial charge on any atom is 0.328 e. The summed E-state index contributed by atoms with van der Waals surface area (Å²) in [5, 5.41) is 9.56. The molecule has 0 aliphatic heterocycles. The Morgan fingerprint density at radius 2 is 2.38 bits per heavy atom. The van der Waals surface area contributed by atoms with Gasteiger partial charge in [-0.1, -0.05) is 23.9 Å². The number of hydrogen-bond donors (Lipinski definition) is 1. The normalized spacial score (nSPS) is 10.9. The van der Waals surface area contributed by atoms with Crippen molar-refractivity contribution >= 4 is 23.8 Å². The van der Waals surface area contributed by atoms with Crippen LogP contribution in [0.3, 0.4) is 0 Å². The number of rotatable bonds is 7. The van der Waals surface area contributed by atoms with Crippen molar-refractivity contribution < 1.29 is 14.6 Å². The van der Waals surface area contributed by atoms with E-state index in [1.807, 2.05) is 42.1 Å². The van der Waals surface area contributed by atoms with Crippen molar-refractivity contribution in [3.05, 3.63) is 48.3 Å². The molecule has 2 rings (SSSR count). The van der Waals surface area contributed by atoms with Crippen LogP contribution in [-0.4, -0.2) is 33.0 Å². The van der Waals surface area contributed by atoms with Gasteiger partial charge in [0.05, 0.1) is 6.61 Å². The topological polar surface area (TPSA) is 64.4 Å². The second-order valence-electron chi connectivity index (χ2n) is 4.26. The summed E-state index contributed by atoms with van der Waals surface area (Å²) in [5.41, 5.74) is 0.798. The van der Waals surface area contributed by atoms with E-state index in [-0.39, 0.29) is 0 Å². The fourth-order valence-corrected chi connectivity index (χ4v) is 2.41. The molecule has 0 aliphatic rings. The van der Waals surface area contributed by atoms with Gasteiger partial charge in [-0.25, -0.2) is 9.78 Å². The van der Waals surface area contributed by atoms with Gasteiger partial charge < -0.3 is 14.4 Å². The van der Waals surface area contributed by atoms with Gasteiger partial charge in [-0.3, -0.25) is 0 Å². The van der Waals surface area contributed by atoms with E-state index in [0.29, 0.717) is 6.61 Å². The van der Waals surface area contributed by atoms with Gasteiger partial charge in [0.2, 0.25) is 0 Å². The fourth-order valence-electron chi connectivity index (χ4n) is 1.66. The zero-order chi connectivity index (χ0) is 15.1. The molecule has 0 spiro atoms. The van der Waals surface area contributed by atoms with Crippen LogP contribution in [0.1, 0.15) is 5.56 Å². The Labute approximate surface area is 127 Å². The molecule has 0 saturated carbocycles. The highest BCUT2D eigenvalue weighted by atomic mass is 32.2. The number of ether oxygens (including phenoxy) is 1. The number of carboxylic acids is 1. The third-order valence-electron chi connectivity index (χ3n) is 2.64. The molecule has 1 aromatic carbocycles. The molecule has 2 aromatic rings. The van der Waals surface area contributed by atoms with Crippen LogP contribution in [0.2, 0.25) is 0 Å².